The third kappa shape index (κ3) is 3.18. The zero-order valence-electron chi connectivity index (χ0n) is 13.3. The molecule has 0 aliphatic rings. The summed E-state index contributed by atoms with van der Waals surface area (Å²) < 4.78 is 3.77. The van der Waals surface area contributed by atoms with Crippen LogP contribution in [0.3, 0.4) is 0 Å². The Hall–Kier alpha value is -1.63. The number of thioether (sulfide) groups is 1. The van der Waals surface area contributed by atoms with Gasteiger partial charge in [0.15, 0.2) is 5.78 Å². The molecule has 0 atom stereocenters. The lowest BCUT2D eigenvalue weighted by Crippen LogP contribution is -2.24. The third-order valence-corrected chi connectivity index (χ3v) is 4.40. The molecule has 0 radical (unpaired) electrons. The van der Waals surface area contributed by atoms with Crippen LogP contribution in [0.15, 0.2) is 11.2 Å². The summed E-state index contributed by atoms with van der Waals surface area (Å²) in [5, 5.41) is 12.4. The van der Waals surface area contributed by atoms with Gasteiger partial charge in [0.2, 0.25) is 5.16 Å². The Morgan fingerprint density at radius 3 is 2.52 bits per heavy atom. The normalized spacial score (nSPS) is 11.9. The molecule has 0 aliphatic carbocycles. The van der Waals surface area contributed by atoms with Gasteiger partial charge >= 0.3 is 0 Å². The summed E-state index contributed by atoms with van der Waals surface area (Å²) in [6.45, 7) is 10.0. The molecule has 0 amide bonds. The highest BCUT2D eigenvalue weighted by Crippen LogP contribution is 2.23. The van der Waals surface area contributed by atoms with Gasteiger partial charge in [-0.2, -0.15) is 0 Å². The van der Waals surface area contributed by atoms with E-state index in [2.05, 4.69) is 15.5 Å². The average molecular weight is 307 g/mol. The van der Waals surface area contributed by atoms with Gasteiger partial charge in [0.1, 0.15) is 0 Å². The third-order valence-electron chi connectivity index (χ3n) is 3.48. The molecule has 0 fully saturated rings. The second kappa shape index (κ2) is 5.63. The van der Waals surface area contributed by atoms with E-state index in [4.69, 9.17) is 0 Å². The first-order valence-electron chi connectivity index (χ1n) is 6.79. The maximum atomic E-state index is 12.4. The van der Waals surface area contributed by atoms with Crippen LogP contribution in [-0.4, -0.2) is 36.3 Å². The SMILES string of the molecule is Cc1cc(C(=O)CSc2nnnn2C(C)(C)C)c(C)n1C. The van der Waals surface area contributed by atoms with Gasteiger partial charge in [-0.1, -0.05) is 11.8 Å². The highest BCUT2D eigenvalue weighted by molar-refractivity contribution is 7.99. The summed E-state index contributed by atoms with van der Waals surface area (Å²) in [4.78, 5) is 12.4. The Morgan fingerprint density at radius 2 is 2.00 bits per heavy atom. The molecule has 2 rings (SSSR count). The Bertz CT molecular complexity index is 665. The lowest BCUT2D eigenvalue weighted by Gasteiger charge is -2.19. The zero-order chi connectivity index (χ0) is 15.8. The fourth-order valence-electron chi connectivity index (χ4n) is 2.04. The standard InChI is InChI=1S/C14H21N5OS/c1-9-7-11(10(2)18(9)6)12(20)8-21-13-15-16-17-19(13)14(3,4)5/h7H,8H2,1-6H3. The summed E-state index contributed by atoms with van der Waals surface area (Å²) in [5.41, 5.74) is 2.65. The van der Waals surface area contributed by atoms with E-state index in [1.807, 2.05) is 52.3 Å². The first-order chi connectivity index (χ1) is 9.71. The minimum atomic E-state index is -0.200. The van der Waals surface area contributed by atoms with Gasteiger partial charge < -0.3 is 4.57 Å². The number of aromatic nitrogens is 5. The molecule has 21 heavy (non-hydrogen) atoms. The number of carbonyl (C=O) groups excluding carboxylic acids is 1. The minimum absolute atomic E-state index is 0.102. The molecule has 2 aromatic heterocycles. The largest absolute Gasteiger partial charge is 0.351 e. The molecule has 0 N–H and O–H groups in total. The van der Waals surface area contributed by atoms with Gasteiger partial charge in [-0.05, 0) is 51.1 Å². The van der Waals surface area contributed by atoms with E-state index in [1.165, 1.54) is 11.8 Å². The quantitative estimate of drug-likeness (QED) is 0.641. The van der Waals surface area contributed by atoms with Crippen molar-refractivity contribution in [2.24, 2.45) is 7.05 Å². The number of hydrogen-bond donors (Lipinski definition) is 0. The number of carbonyl (C=O) groups is 1. The second-order valence-corrected chi connectivity index (χ2v) is 7.04. The second-order valence-electron chi connectivity index (χ2n) is 6.10. The van der Waals surface area contributed by atoms with Crippen molar-refractivity contribution < 1.29 is 4.79 Å². The molecule has 2 aromatic rings. The maximum Gasteiger partial charge on any atom is 0.210 e. The lowest BCUT2D eigenvalue weighted by atomic mass is 10.1. The molecule has 0 aromatic carbocycles. The molecule has 0 aliphatic heterocycles. The van der Waals surface area contributed by atoms with Gasteiger partial charge in [0, 0.05) is 24.0 Å². The van der Waals surface area contributed by atoms with Crippen molar-refractivity contribution in [3.8, 4) is 0 Å². The van der Waals surface area contributed by atoms with Crippen LogP contribution in [0.5, 0.6) is 0 Å². The summed E-state index contributed by atoms with van der Waals surface area (Å²) >= 11 is 1.38. The van der Waals surface area contributed by atoms with Crippen molar-refractivity contribution in [3.05, 3.63) is 23.0 Å². The van der Waals surface area contributed by atoms with Crippen LogP contribution in [-0.2, 0) is 12.6 Å². The molecule has 7 heteroatoms. The van der Waals surface area contributed by atoms with Crippen molar-refractivity contribution in [1.82, 2.24) is 24.8 Å². The number of rotatable bonds is 4. The van der Waals surface area contributed by atoms with Gasteiger partial charge in [0.25, 0.3) is 0 Å². The molecule has 0 saturated heterocycles. The zero-order valence-corrected chi connectivity index (χ0v) is 14.2. The Balaban J connectivity index is 2.12. The smallest absolute Gasteiger partial charge is 0.210 e. The number of hydrogen-bond acceptors (Lipinski definition) is 5. The van der Waals surface area contributed by atoms with Gasteiger partial charge in [-0.3, -0.25) is 4.79 Å². The number of nitrogens with zero attached hydrogens (tertiary/aromatic N) is 5. The molecule has 0 saturated carbocycles. The van der Waals surface area contributed by atoms with Crippen molar-refractivity contribution in [3.63, 3.8) is 0 Å². The van der Waals surface area contributed by atoms with Crippen molar-refractivity contribution in [1.29, 1.82) is 0 Å². The predicted octanol–water partition coefficient (Wildman–Crippen LogP) is 2.36. The Labute approximate surface area is 128 Å². The number of tetrazole rings is 1. The van der Waals surface area contributed by atoms with E-state index < -0.39 is 0 Å². The Morgan fingerprint density at radius 1 is 1.33 bits per heavy atom. The fraction of sp³-hybridized carbons (Fsp3) is 0.571. The van der Waals surface area contributed by atoms with E-state index in [0.717, 1.165) is 17.0 Å². The summed E-state index contributed by atoms with van der Waals surface area (Å²) in [5.74, 6) is 0.436. The fourth-order valence-corrected chi connectivity index (χ4v) is 2.98. The summed E-state index contributed by atoms with van der Waals surface area (Å²) in [6.07, 6.45) is 0. The molecule has 6 nitrogen and oxygen atoms in total. The van der Waals surface area contributed by atoms with Gasteiger partial charge in [-0.25, -0.2) is 4.68 Å². The maximum absolute atomic E-state index is 12.4. The molecule has 0 bridgehead atoms. The van der Waals surface area contributed by atoms with E-state index >= 15 is 0 Å². The van der Waals surface area contributed by atoms with E-state index in [1.54, 1.807) is 4.68 Å². The number of ketones is 1. The van der Waals surface area contributed by atoms with Crippen molar-refractivity contribution in [2.45, 2.75) is 45.3 Å². The van der Waals surface area contributed by atoms with E-state index in [-0.39, 0.29) is 11.3 Å². The highest BCUT2D eigenvalue weighted by Gasteiger charge is 2.21. The van der Waals surface area contributed by atoms with Gasteiger partial charge in [0.05, 0.1) is 11.3 Å². The first-order valence-corrected chi connectivity index (χ1v) is 7.78. The van der Waals surface area contributed by atoms with Crippen LogP contribution >= 0.6 is 11.8 Å². The van der Waals surface area contributed by atoms with Crippen LogP contribution in [0, 0.1) is 13.8 Å². The molecule has 0 spiro atoms. The first kappa shape index (κ1) is 15.8. The van der Waals surface area contributed by atoms with Crippen LogP contribution < -0.4 is 0 Å². The molecule has 114 valence electrons. The van der Waals surface area contributed by atoms with Crippen LogP contribution in [0.2, 0.25) is 0 Å². The monoisotopic (exact) mass is 307 g/mol. The van der Waals surface area contributed by atoms with Gasteiger partial charge in [-0.15, -0.1) is 5.10 Å². The van der Waals surface area contributed by atoms with E-state index in [9.17, 15) is 4.79 Å². The average Bonchev–Trinajstić information content (AvgIpc) is 2.96. The Kier molecular flexibility index (Phi) is 4.22. The predicted molar refractivity (Wildman–Crippen MR) is 82.8 cm³/mol. The van der Waals surface area contributed by atoms with Crippen LogP contribution in [0.4, 0.5) is 0 Å². The lowest BCUT2D eigenvalue weighted by molar-refractivity contribution is 0.102. The summed E-state index contributed by atoms with van der Waals surface area (Å²) in [6, 6.07) is 1.94. The molecular formula is C14H21N5OS. The van der Waals surface area contributed by atoms with Crippen molar-refractivity contribution >= 4 is 17.5 Å². The molecule has 2 heterocycles. The summed E-state index contributed by atoms with van der Waals surface area (Å²) in [7, 11) is 1.97. The topological polar surface area (TPSA) is 65.6 Å². The minimum Gasteiger partial charge on any atom is -0.351 e. The number of aryl methyl sites for hydroxylation is 1. The van der Waals surface area contributed by atoms with E-state index in [0.29, 0.717) is 10.9 Å². The molecule has 0 unspecified atom stereocenters. The van der Waals surface area contributed by atoms with Crippen molar-refractivity contribution in [2.75, 3.05) is 5.75 Å². The highest BCUT2D eigenvalue weighted by atomic mass is 32.2. The van der Waals surface area contributed by atoms with Crippen LogP contribution in [0.25, 0.3) is 0 Å². The molecular weight excluding hydrogens is 286 g/mol. The number of Topliss-reactive ketones (excluding diaryl/α,β-unsaturated/α-hetero) is 1. The van der Waals surface area contributed by atoms with Crippen LogP contribution in [0.1, 0.15) is 42.5 Å².